The summed E-state index contributed by atoms with van der Waals surface area (Å²) in [6.07, 6.45) is 2.88. The van der Waals surface area contributed by atoms with E-state index in [0.717, 1.165) is 11.5 Å². The van der Waals surface area contributed by atoms with Gasteiger partial charge in [0.2, 0.25) is 0 Å². The molecule has 56 heavy (non-hydrogen) atoms. The minimum Gasteiger partial charge on any atom is -0.498 e. The van der Waals surface area contributed by atoms with Crippen molar-refractivity contribution in [1.82, 2.24) is 0 Å². The third-order valence-corrected chi connectivity index (χ3v) is 11.4. The molecular weight excluding hydrogens is 689 g/mol. The quantitative estimate of drug-likeness (QED) is 0.0825. The summed E-state index contributed by atoms with van der Waals surface area (Å²) < 4.78 is 22.6. The van der Waals surface area contributed by atoms with Crippen molar-refractivity contribution in [2.75, 3.05) is 26.4 Å². The van der Waals surface area contributed by atoms with E-state index in [-0.39, 0.29) is 0 Å². The minimum absolute atomic E-state index is 0.443. The maximum Gasteiger partial charge on any atom is 0.122 e. The molecule has 0 radical (unpaired) electrons. The maximum atomic E-state index is 6.03. The molecule has 274 valence electrons. The third kappa shape index (κ3) is 5.52. The van der Waals surface area contributed by atoms with Crippen LogP contribution in [0.1, 0.15) is 44.5 Å². The molecule has 0 unspecified atom stereocenters. The molecule has 4 heteroatoms. The smallest absolute Gasteiger partial charge is 0.122 e. The van der Waals surface area contributed by atoms with Gasteiger partial charge in [0, 0.05) is 0 Å². The molecule has 0 saturated heterocycles. The van der Waals surface area contributed by atoms with Crippen LogP contribution in [0, 0.1) is 0 Å². The number of hydrogen-bond donors (Lipinski definition) is 0. The Morgan fingerprint density at radius 3 is 0.893 bits per heavy atom. The largest absolute Gasteiger partial charge is 0.498 e. The van der Waals surface area contributed by atoms with E-state index in [1.807, 2.05) is 0 Å². The molecule has 0 atom stereocenters. The van der Waals surface area contributed by atoms with Gasteiger partial charge >= 0.3 is 0 Å². The Morgan fingerprint density at radius 1 is 0.339 bits per heavy atom. The van der Waals surface area contributed by atoms with Gasteiger partial charge in [-0.05, 0) is 91.0 Å². The molecule has 0 saturated carbocycles. The van der Waals surface area contributed by atoms with E-state index >= 15 is 0 Å². The third-order valence-electron chi connectivity index (χ3n) is 11.4. The topological polar surface area (TPSA) is 36.9 Å². The summed E-state index contributed by atoms with van der Waals surface area (Å²) in [5, 5.41) is 0. The highest BCUT2D eigenvalue weighted by Gasteiger charge is 2.48. The van der Waals surface area contributed by atoms with Crippen molar-refractivity contribution in [3.63, 3.8) is 0 Å². The maximum absolute atomic E-state index is 6.03. The van der Waals surface area contributed by atoms with Crippen molar-refractivity contribution in [3.8, 4) is 33.8 Å². The van der Waals surface area contributed by atoms with E-state index in [9.17, 15) is 0 Å². The number of benzene rings is 7. The van der Waals surface area contributed by atoms with Crippen molar-refractivity contribution in [2.24, 2.45) is 0 Å². The van der Waals surface area contributed by atoms with E-state index in [0.29, 0.717) is 26.4 Å². The molecule has 0 heterocycles. The van der Waals surface area contributed by atoms with Crippen LogP contribution in [0.5, 0.6) is 11.5 Å². The van der Waals surface area contributed by atoms with Gasteiger partial charge in [-0.15, -0.1) is 0 Å². The second-order valence-corrected chi connectivity index (χ2v) is 14.1. The predicted molar refractivity (Wildman–Crippen MR) is 224 cm³/mol. The summed E-state index contributed by atoms with van der Waals surface area (Å²) in [6.45, 7) is 9.04. The molecule has 9 rings (SSSR count). The SMILES string of the molecule is C=COCCOc1ccc(C2(c3ccc(C4(c5ccc(OCCOC=C)cc5)c5ccccc5-c5ccccc54)cc3)c3ccccc3-c3ccccc32)cc1. The van der Waals surface area contributed by atoms with Crippen LogP contribution in [0.2, 0.25) is 0 Å². The fourth-order valence-corrected chi connectivity index (χ4v) is 9.20. The van der Waals surface area contributed by atoms with Gasteiger partial charge in [0.05, 0.1) is 23.4 Å². The van der Waals surface area contributed by atoms with Gasteiger partial charge in [-0.25, -0.2) is 0 Å². The van der Waals surface area contributed by atoms with E-state index in [2.05, 4.69) is 183 Å². The Balaban J connectivity index is 1.21. The lowest BCUT2D eigenvalue weighted by Crippen LogP contribution is -2.30. The van der Waals surface area contributed by atoms with Crippen LogP contribution in [-0.4, -0.2) is 26.4 Å². The van der Waals surface area contributed by atoms with E-state index in [4.69, 9.17) is 18.9 Å². The lowest BCUT2D eigenvalue weighted by Gasteiger charge is -2.36. The molecule has 0 bridgehead atoms. The molecule has 0 fully saturated rings. The molecule has 0 amide bonds. The van der Waals surface area contributed by atoms with Gasteiger partial charge in [0.15, 0.2) is 0 Å². The van der Waals surface area contributed by atoms with Gasteiger partial charge in [-0.1, -0.05) is 159 Å². The highest BCUT2D eigenvalue weighted by Crippen LogP contribution is 2.59. The molecule has 4 nitrogen and oxygen atoms in total. The Hall–Kier alpha value is -6.78. The van der Waals surface area contributed by atoms with Gasteiger partial charge in [0.25, 0.3) is 0 Å². The average Bonchev–Trinajstić information content (AvgIpc) is 3.73. The van der Waals surface area contributed by atoms with E-state index < -0.39 is 10.8 Å². The number of hydrogen-bond acceptors (Lipinski definition) is 4. The second kappa shape index (κ2) is 14.8. The second-order valence-electron chi connectivity index (χ2n) is 14.1. The monoisotopic (exact) mass is 730 g/mol. The summed E-state index contributed by atoms with van der Waals surface area (Å²) in [5.74, 6) is 1.60. The highest BCUT2D eigenvalue weighted by atomic mass is 16.5. The van der Waals surface area contributed by atoms with Crippen LogP contribution >= 0.6 is 0 Å². The van der Waals surface area contributed by atoms with Gasteiger partial charge in [-0.3, -0.25) is 0 Å². The predicted octanol–water partition coefficient (Wildman–Crippen LogP) is 11.5. The number of fused-ring (bicyclic) bond motifs is 6. The molecule has 0 N–H and O–H groups in total. The highest BCUT2D eigenvalue weighted by molar-refractivity contribution is 5.88. The van der Waals surface area contributed by atoms with Crippen LogP contribution in [0.3, 0.4) is 0 Å². The molecule has 7 aromatic rings. The van der Waals surface area contributed by atoms with Gasteiger partial charge in [-0.2, -0.15) is 0 Å². The zero-order valence-corrected chi connectivity index (χ0v) is 31.2. The molecule has 7 aromatic carbocycles. The first-order chi connectivity index (χ1) is 27.7. The van der Waals surface area contributed by atoms with Crippen LogP contribution in [0.25, 0.3) is 22.3 Å². The fraction of sp³-hybridized carbons (Fsp3) is 0.115. The average molecular weight is 731 g/mol. The molecule has 2 aliphatic carbocycles. The zero-order chi connectivity index (χ0) is 38.0. The molecule has 0 aromatic heterocycles. The Labute approximate surface area is 328 Å². The normalized spacial score (nSPS) is 13.7. The van der Waals surface area contributed by atoms with Gasteiger partial charge < -0.3 is 18.9 Å². The Kier molecular flexibility index (Phi) is 9.24. The Morgan fingerprint density at radius 2 is 0.607 bits per heavy atom. The van der Waals surface area contributed by atoms with Crippen molar-refractivity contribution in [2.45, 2.75) is 10.8 Å². The van der Waals surface area contributed by atoms with Crippen LogP contribution in [0.4, 0.5) is 0 Å². The van der Waals surface area contributed by atoms with Crippen molar-refractivity contribution in [3.05, 3.63) is 240 Å². The first kappa shape index (κ1) is 35.0. The van der Waals surface area contributed by atoms with Crippen molar-refractivity contribution in [1.29, 1.82) is 0 Å². The van der Waals surface area contributed by atoms with Crippen LogP contribution in [-0.2, 0) is 20.3 Å². The minimum atomic E-state index is -0.552. The lowest BCUT2D eigenvalue weighted by molar-refractivity contribution is 0.179. The summed E-state index contributed by atoms with van der Waals surface area (Å²) >= 11 is 0. The summed E-state index contributed by atoms with van der Waals surface area (Å²) in [6, 6.07) is 61.9. The molecular formula is C52H42O4. The first-order valence-corrected chi connectivity index (χ1v) is 19.1. The lowest BCUT2D eigenvalue weighted by atomic mass is 9.65. The molecule has 0 spiro atoms. The summed E-state index contributed by atoms with van der Waals surface area (Å²) in [7, 11) is 0. The van der Waals surface area contributed by atoms with Crippen molar-refractivity contribution >= 4 is 0 Å². The first-order valence-electron chi connectivity index (χ1n) is 19.1. The molecule has 2 aliphatic rings. The van der Waals surface area contributed by atoms with Crippen molar-refractivity contribution < 1.29 is 18.9 Å². The fourth-order valence-electron chi connectivity index (χ4n) is 9.20. The van der Waals surface area contributed by atoms with E-state index in [1.165, 1.54) is 79.3 Å². The molecule has 0 aliphatic heterocycles. The zero-order valence-electron chi connectivity index (χ0n) is 31.2. The number of ether oxygens (including phenoxy) is 4. The summed E-state index contributed by atoms with van der Waals surface area (Å²) in [4.78, 5) is 0. The Bertz CT molecular complexity index is 2250. The van der Waals surface area contributed by atoms with Crippen LogP contribution < -0.4 is 9.47 Å². The number of rotatable bonds is 14. The standard InChI is InChI=1S/C52H42O4/c1-3-53-33-35-55-41-29-25-39(26-30-41)51(47-17-9-5-13-43(47)44-14-6-10-18-48(44)51)37-21-23-38(24-22-37)52(40-27-31-42(32-28-40)56-36-34-54-4-2)49-19-11-7-15-45(49)46-16-8-12-20-50(46)52/h3-32H,1-2,33-36H2. The summed E-state index contributed by atoms with van der Waals surface area (Å²) in [5.41, 5.74) is 13.7. The van der Waals surface area contributed by atoms with Crippen LogP contribution in [0.15, 0.2) is 196 Å². The van der Waals surface area contributed by atoms with E-state index in [1.54, 1.807) is 0 Å². The van der Waals surface area contributed by atoms with Gasteiger partial charge in [0.1, 0.15) is 37.9 Å².